The largest absolute Gasteiger partial charge is 0.466 e. The topological polar surface area (TPSA) is 52.6 Å². The summed E-state index contributed by atoms with van der Waals surface area (Å²) in [5.74, 6) is -19.9. The molecule has 4 nitrogen and oxygen atoms in total. The maximum atomic E-state index is 13.4. The quantitative estimate of drug-likeness (QED) is 0.0526. The smallest absolute Gasteiger partial charge is 0.381 e. The summed E-state index contributed by atoms with van der Waals surface area (Å²) in [5.41, 5.74) is 0. The number of ether oxygens (including phenoxy) is 2. The molecule has 0 bridgehead atoms. The fourth-order valence-electron chi connectivity index (χ4n) is 4.16. The van der Waals surface area contributed by atoms with Gasteiger partial charge in [0.15, 0.2) is 6.61 Å². The van der Waals surface area contributed by atoms with Crippen LogP contribution < -0.4 is 0 Å². The van der Waals surface area contributed by atoms with Crippen LogP contribution in [0.25, 0.3) is 0 Å². The van der Waals surface area contributed by atoms with Crippen molar-refractivity contribution in [3.63, 3.8) is 0 Å². The van der Waals surface area contributed by atoms with Gasteiger partial charge in [0, 0.05) is 12.8 Å². The molecule has 0 heterocycles. The number of hydrogen-bond acceptors (Lipinski definition) is 4. The van der Waals surface area contributed by atoms with Crippen LogP contribution >= 0.6 is 0 Å². The zero-order valence-corrected chi connectivity index (χ0v) is 24.3. The van der Waals surface area contributed by atoms with E-state index >= 15 is 0 Å². The van der Waals surface area contributed by atoms with Gasteiger partial charge in [0.05, 0.1) is 6.61 Å². The Balaban J connectivity index is 3.67. The summed E-state index contributed by atoms with van der Waals surface area (Å²) in [7, 11) is 0. The van der Waals surface area contributed by atoms with Crippen molar-refractivity contribution in [3.05, 3.63) is 0 Å². The molecule has 0 saturated heterocycles. The van der Waals surface area contributed by atoms with Gasteiger partial charge in [-0.15, -0.1) is 0 Å². The average Bonchev–Trinajstić information content (AvgIpc) is 2.91. The number of carbonyl (C=O) groups excluding carboxylic acids is 2. The van der Waals surface area contributed by atoms with Crippen LogP contribution in [-0.4, -0.2) is 49.3 Å². The number of unbranched alkanes of at least 4 members (excludes halogenated alkanes) is 16. The normalized spacial score (nSPS) is 12.6. The van der Waals surface area contributed by atoms with Gasteiger partial charge in [-0.1, -0.05) is 103 Å². The molecule has 0 saturated carbocycles. The highest BCUT2D eigenvalue weighted by atomic mass is 19.4. The Morgan fingerprint density at radius 2 is 0.927 bits per heavy atom. The molecule has 12 heteroatoms. The lowest BCUT2D eigenvalue weighted by Crippen LogP contribution is -2.59. The first-order chi connectivity index (χ1) is 19.3. The number of rotatable bonds is 27. The van der Waals surface area contributed by atoms with Crippen molar-refractivity contribution in [3.8, 4) is 0 Å². The standard InChI is InChI=1S/C29H48F8O4/c1-2-3-4-5-6-7-8-9-10-13-16-19-22-40-24(38)20-17-14-11-12-15-18-21-25(39)41-23-27(32,33)29(36,37)28(34,35)26(30)31/h26H,2-23H2,1H3. The third-order valence-electron chi connectivity index (χ3n) is 6.84. The molecule has 0 N–H and O–H groups in total. The van der Waals surface area contributed by atoms with Gasteiger partial charge in [0.1, 0.15) is 0 Å². The van der Waals surface area contributed by atoms with Crippen molar-refractivity contribution < 1.29 is 54.2 Å². The number of esters is 2. The minimum absolute atomic E-state index is 0.176. The summed E-state index contributed by atoms with van der Waals surface area (Å²) < 4.78 is 112. The van der Waals surface area contributed by atoms with Crippen molar-refractivity contribution >= 4 is 11.9 Å². The van der Waals surface area contributed by atoms with Crippen LogP contribution in [0.4, 0.5) is 35.1 Å². The van der Waals surface area contributed by atoms with Gasteiger partial charge in [0.2, 0.25) is 0 Å². The van der Waals surface area contributed by atoms with E-state index in [1.807, 2.05) is 0 Å². The summed E-state index contributed by atoms with van der Waals surface area (Å²) in [4.78, 5) is 23.2. The highest BCUT2D eigenvalue weighted by molar-refractivity contribution is 5.69. The minimum atomic E-state index is -6.40. The zero-order chi connectivity index (χ0) is 31.2. The van der Waals surface area contributed by atoms with Crippen molar-refractivity contribution in [2.75, 3.05) is 13.2 Å². The fraction of sp³-hybridized carbons (Fsp3) is 0.931. The van der Waals surface area contributed by atoms with E-state index in [0.717, 1.165) is 32.1 Å². The summed E-state index contributed by atoms with van der Waals surface area (Å²) in [6, 6.07) is 0. The summed E-state index contributed by atoms with van der Waals surface area (Å²) in [6.07, 6.45) is 13.0. The summed E-state index contributed by atoms with van der Waals surface area (Å²) >= 11 is 0. The molecule has 0 aliphatic carbocycles. The second kappa shape index (κ2) is 22.0. The Hall–Kier alpha value is -1.62. The van der Waals surface area contributed by atoms with E-state index in [1.54, 1.807) is 0 Å². The SMILES string of the molecule is CCCCCCCCCCCCCCOC(=O)CCCCCCCCC(=O)OCC(F)(F)C(F)(F)C(F)(F)C(F)F. The molecule has 41 heavy (non-hydrogen) atoms. The molecular weight excluding hydrogens is 564 g/mol. The second-order valence-corrected chi connectivity index (χ2v) is 10.6. The third kappa shape index (κ3) is 17.2. The first-order valence-corrected chi connectivity index (χ1v) is 15.0. The van der Waals surface area contributed by atoms with Crippen molar-refractivity contribution in [2.24, 2.45) is 0 Å². The number of carbonyl (C=O) groups is 2. The molecule has 0 rings (SSSR count). The monoisotopic (exact) mass is 612 g/mol. The van der Waals surface area contributed by atoms with Crippen molar-refractivity contribution in [1.29, 1.82) is 0 Å². The van der Waals surface area contributed by atoms with Crippen LogP contribution in [0.5, 0.6) is 0 Å². The van der Waals surface area contributed by atoms with E-state index in [2.05, 4.69) is 11.7 Å². The van der Waals surface area contributed by atoms with Crippen LogP contribution in [0.15, 0.2) is 0 Å². The Labute approximate surface area is 239 Å². The Bertz CT molecular complexity index is 690. The van der Waals surface area contributed by atoms with E-state index in [4.69, 9.17) is 4.74 Å². The number of halogens is 8. The Morgan fingerprint density at radius 1 is 0.561 bits per heavy atom. The first-order valence-electron chi connectivity index (χ1n) is 15.0. The Morgan fingerprint density at radius 3 is 1.34 bits per heavy atom. The lowest BCUT2D eigenvalue weighted by atomic mass is 10.1. The number of alkyl halides is 8. The molecule has 0 amide bonds. The van der Waals surface area contributed by atoms with Gasteiger partial charge in [-0.05, 0) is 19.3 Å². The van der Waals surface area contributed by atoms with Crippen LogP contribution in [0, 0.1) is 0 Å². The van der Waals surface area contributed by atoms with E-state index < -0.39 is 43.2 Å². The van der Waals surface area contributed by atoms with Gasteiger partial charge in [0.25, 0.3) is 0 Å². The van der Waals surface area contributed by atoms with E-state index in [-0.39, 0.29) is 12.4 Å². The van der Waals surface area contributed by atoms with Crippen molar-refractivity contribution in [1.82, 2.24) is 0 Å². The Kier molecular flexibility index (Phi) is 21.1. The average molecular weight is 613 g/mol. The predicted molar refractivity (Wildman–Crippen MR) is 141 cm³/mol. The highest BCUT2D eigenvalue weighted by Gasteiger charge is 2.75. The maximum absolute atomic E-state index is 13.4. The van der Waals surface area contributed by atoms with E-state index in [1.165, 1.54) is 57.8 Å². The molecule has 0 fully saturated rings. The van der Waals surface area contributed by atoms with Crippen LogP contribution in [-0.2, 0) is 19.1 Å². The molecule has 0 spiro atoms. The molecule has 0 radical (unpaired) electrons. The van der Waals surface area contributed by atoms with Gasteiger partial charge in [-0.2, -0.15) is 26.3 Å². The molecule has 0 aliphatic heterocycles. The molecular formula is C29H48F8O4. The van der Waals surface area contributed by atoms with Crippen LogP contribution in [0.1, 0.15) is 135 Å². The van der Waals surface area contributed by atoms with Gasteiger partial charge < -0.3 is 9.47 Å². The highest BCUT2D eigenvalue weighted by Crippen LogP contribution is 2.48. The first kappa shape index (κ1) is 39.4. The molecule has 0 aromatic heterocycles. The lowest BCUT2D eigenvalue weighted by molar-refractivity contribution is -0.344. The molecule has 0 atom stereocenters. The third-order valence-corrected chi connectivity index (χ3v) is 6.84. The molecule has 244 valence electrons. The molecule has 0 unspecified atom stereocenters. The van der Waals surface area contributed by atoms with E-state index in [9.17, 15) is 44.7 Å². The second-order valence-electron chi connectivity index (χ2n) is 10.6. The van der Waals surface area contributed by atoms with E-state index in [0.29, 0.717) is 32.3 Å². The molecule has 0 aliphatic rings. The van der Waals surface area contributed by atoms with Crippen LogP contribution in [0.3, 0.4) is 0 Å². The molecule has 0 aromatic carbocycles. The van der Waals surface area contributed by atoms with Crippen LogP contribution in [0.2, 0.25) is 0 Å². The minimum Gasteiger partial charge on any atom is -0.466 e. The van der Waals surface area contributed by atoms with Gasteiger partial charge in [-0.25, -0.2) is 8.78 Å². The van der Waals surface area contributed by atoms with Crippen molar-refractivity contribution in [2.45, 2.75) is 160 Å². The maximum Gasteiger partial charge on any atom is 0.381 e. The van der Waals surface area contributed by atoms with Gasteiger partial charge in [-0.3, -0.25) is 9.59 Å². The summed E-state index contributed by atoms with van der Waals surface area (Å²) in [5, 5.41) is 0. The fourth-order valence-corrected chi connectivity index (χ4v) is 4.16. The van der Waals surface area contributed by atoms with Gasteiger partial charge >= 0.3 is 36.1 Å². The summed E-state index contributed by atoms with van der Waals surface area (Å²) in [6.45, 7) is 0.206. The predicted octanol–water partition coefficient (Wildman–Crippen LogP) is 10.1. The molecule has 0 aromatic rings. The zero-order valence-electron chi connectivity index (χ0n) is 24.3. The number of hydrogen-bond donors (Lipinski definition) is 0. The lowest BCUT2D eigenvalue weighted by Gasteiger charge is -2.31.